The van der Waals surface area contributed by atoms with Gasteiger partial charge in [0.25, 0.3) is 0 Å². The highest BCUT2D eigenvalue weighted by atomic mass is 19.1. The monoisotopic (exact) mass is 276 g/mol. The highest BCUT2D eigenvalue weighted by molar-refractivity contribution is 6.62. The maximum atomic E-state index is 14.7. The van der Waals surface area contributed by atoms with Crippen LogP contribution in [0.2, 0.25) is 0 Å². The molecule has 20 heavy (non-hydrogen) atoms. The minimum absolute atomic E-state index is 0.327. The van der Waals surface area contributed by atoms with E-state index in [9.17, 15) is 4.39 Å². The minimum atomic E-state index is -0.730. The normalized spacial score (nSPS) is 20.8. The molecule has 1 aliphatic heterocycles. The van der Waals surface area contributed by atoms with Gasteiger partial charge in [0.2, 0.25) is 0 Å². The molecule has 1 saturated heterocycles. The molecular weight excluding hydrogens is 258 g/mol. The van der Waals surface area contributed by atoms with Crippen LogP contribution in [0.1, 0.15) is 33.3 Å². The molecular formula is C14H18BFN2O2. The van der Waals surface area contributed by atoms with E-state index >= 15 is 0 Å². The average Bonchev–Trinajstić information content (AvgIpc) is 2.79. The van der Waals surface area contributed by atoms with Gasteiger partial charge in [-0.05, 0) is 40.2 Å². The number of aromatic amines is 1. The molecule has 0 aliphatic carbocycles. The molecule has 0 bridgehead atoms. The van der Waals surface area contributed by atoms with E-state index in [1.807, 2.05) is 34.6 Å². The van der Waals surface area contributed by atoms with Crippen LogP contribution in [0.3, 0.4) is 0 Å². The Morgan fingerprint density at radius 2 is 1.80 bits per heavy atom. The Labute approximate surface area is 117 Å². The maximum absolute atomic E-state index is 14.7. The number of nitrogens with zero attached hydrogens (tertiary/aromatic N) is 1. The predicted molar refractivity (Wildman–Crippen MR) is 76.5 cm³/mol. The van der Waals surface area contributed by atoms with Crippen molar-refractivity contribution in [3.8, 4) is 0 Å². The molecule has 0 radical (unpaired) electrons. The van der Waals surface area contributed by atoms with Crippen molar-refractivity contribution in [3.63, 3.8) is 0 Å². The van der Waals surface area contributed by atoms with Gasteiger partial charge in [0.15, 0.2) is 0 Å². The second-order valence-corrected chi connectivity index (χ2v) is 6.31. The van der Waals surface area contributed by atoms with Crippen LogP contribution in [-0.2, 0) is 9.31 Å². The van der Waals surface area contributed by atoms with Gasteiger partial charge in [0.1, 0.15) is 11.5 Å². The van der Waals surface area contributed by atoms with Gasteiger partial charge >= 0.3 is 7.12 Å². The molecule has 1 fully saturated rings. The van der Waals surface area contributed by atoms with E-state index in [1.165, 1.54) is 6.20 Å². The molecule has 106 valence electrons. The van der Waals surface area contributed by atoms with E-state index in [2.05, 4.69) is 9.97 Å². The van der Waals surface area contributed by atoms with E-state index in [4.69, 9.17) is 9.31 Å². The summed E-state index contributed by atoms with van der Waals surface area (Å²) in [5.74, 6) is -0.327. The third-order valence-corrected chi connectivity index (χ3v) is 4.37. The number of H-pyrrole nitrogens is 1. The number of aryl methyl sites for hydroxylation is 1. The van der Waals surface area contributed by atoms with Crippen LogP contribution >= 0.6 is 0 Å². The molecule has 0 unspecified atom stereocenters. The number of hydrogen-bond acceptors (Lipinski definition) is 3. The SMILES string of the molecule is Cc1c[nH]c2ncc(B3OC(C)(C)C(C)(C)O3)c(F)c12. The molecule has 2 aromatic heterocycles. The van der Waals surface area contributed by atoms with Crippen LogP contribution in [-0.4, -0.2) is 28.3 Å². The first-order valence-corrected chi connectivity index (χ1v) is 6.71. The lowest BCUT2D eigenvalue weighted by Gasteiger charge is -2.32. The van der Waals surface area contributed by atoms with Gasteiger partial charge in [-0.25, -0.2) is 9.37 Å². The first kappa shape index (κ1) is 13.6. The summed E-state index contributed by atoms with van der Waals surface area (Å²) in [7, 11) is -0.730. The van der Waals surface area contributed by atoms with Crippen molar-refractivity contribution in [3.05, 3.63) is 23.8 Å². The largest absolute Gasteiger partial charge is 0.499 e. The van der Waals surface area contributed by atoms with Crippen molar-refractivity contribution in [2.75, 3.05) is 0 Å². The molecule has 0 aromatic carbocycles. The lowest BCUT2D eigenvalue weighted by molar-refractivity contribution is 0.00578. The van der Waals surface area contributed by atoms with Crippen molar-refractivity contribution < 1.29 is 13.7 Å². The van der Waals surface area contributed by atoms with E-state index in [0.717, 1.165) is 5.56 Å². The maximum Gasteiger partial charge on any atom is 0.499 e. The fraction of sp³-hybridized carbons (Fsp3) is 0.500. The fourth-order valence-corrected chi connectivity index (χ4v) is 2.36. The Morgan fingerprint density at radius 3 is 2.40 bits per heavy atom. The zero-order chi connectivity index (χ0) is 14.7. The molecule has 0 spiro atoms. The Bertz CT molecular complexity index is 665. The molecule has 2 aromatic rings. The molecule has 1 aliphatic rings. The van der Waals surface area contributed by atoms with Gasteiger partial charge in [-0.1, -0.05) is 0 Å². The Kier molecular flexibility index (Phi) is 2.75. The smallest absolute Gasteiger partial charge is 0.399 e. The fourth-order valence-electron chi connectivity index (χ4n) is 2.36. The van der Waals surface area contributed by atoms with E-state index in [1.54, 1.807) is 6.20 Å². The first-order valence-electron chi connectivity index (χ1n) is 6.71. The van der Waals surface area contributed by atoms with Gasteiger partial charge in [0.05, 0.1) is 16.6 Å². The summed E-state index contributed by atoms with van der Waals surface area (Å²) in [5.41, 5.74) is 0.723. The number of pyridine rings is 1. The van der Waals surface area contributed by atoms with Crippen LogP contribution in [0, 0.1) is 12.7 Å². The molecule has 0 amide bonds. The summed E-state index contributed by atoms with van der Waals surface area (Å²) < 4.78 is 26.5. The summed E-state index contributed by atoms with van der Waals surface area (Å²) in [5, 5.41) is 0.497. The lowest BCUT2D eigenvalue weighted by Crippen LogP contribution is -2.41. The van der Waals surface area contributed by atoms with E-state index in [0.29, 0.717) is 16.5 Å². The Morgan fingerprint density at radius 1 is 1.20 bits per heavy atom. The molecule has 4 nitrogen and oxygen atoms in total. The number of rotatable bonds is 1. The van der Waals surface area contributed by atoms with Crippen molar-refractivity contribution in [2.24, 2.45) is 0 Å². The van der Waals surface area contributed by atoms with Crippen LogP contribution in [0.25, 0.3) is 11.0 Å². The molecule has 1 N–H and O–H groups in total. The summed E-state index contributed by atoms with van der Waals surface area (Å²) in [6.07, 6.45) is 3.23. The zero-order valence-corrected chi connectivity index (χ0v) is 12.4. The van der Waals surface area contributed by atoms with Crippen molar-refractivity contribution >= 4 is 23.6 Å². The molecule has 3 heterocycles. The van der Waals surface area contributed by atoms with Crippen molar-refractivity contribution in [1.82, 2.24) is 9.97 Å². The summed E-state index contributed by atoms with van der Waals surface area (Å²) in [6.45, 7) is 9.62. The molecule has 6 heteroatoms. The second kappa shape index (κ2) is 4.05. The molecule has 0 saturated carbocycles. The first-order chi connectivity index (χ1) is 9.23. The topological polar surface area (TPSA) is 47.1 Å². The summed E-state index contributed by atoms with van der Waals surface area (Å²) in [6, 6.07) is 0. The van der Waals surface area contributed by atoms with Crippen molar-refractivity contribution in [1.29, 1.82) is 0 Å². The Hall–Kier alpha value is -1.40. The number of fused-ring (bicyclic) bond motifs is 1. The number of halogens is 1. The highest BCUT2D eigenvalue weighted by Gasteiger charge is 2.52. The van der Waals surface area contributed by atoms with Gasteiger partial charge in [-0.3, -0.25) is 0 Å². The minimum Gasteiger partial charge on any atom is -0.399 e. The van der Waals surface area contributed by atoms with E-state index in [-0.39, 0.29) is 5.82 Å². The molecule has 0 atom stereocenters. The van der Waals surface area contributed by atoms with Gasteiger partial charge < -0.3 is 14.3 Å². The summed E-state index contributed by atoms with van der Waals surface area (Å²) >= 11 is 0. The van der Waals surface area contributed by atoms with Gasteiger partial charge in [-0.15, -0.1) is 0 Å². The third kappa shape index (κ3) is 1.78. The highest BCUT2D eigenvalue weighted by Crippen LogP contribution is 2.36. The third-order valence-electron chi connectivity index (χ3n) is 4.37. The quantitative estimate of drug-likeness (QED) is 0.813. The van der Waals surface area contributed by atoms with Crippen LogP contribution in [0.15, 0.2) is 12.4 Å². The average molecular weight is 276 g/mol. The predicted octanol–water partition coefficient (Wildman–Crippen LogP) is 2.31. The van der Waals surface area contributed by atoms with Crippen LogP contribution < -0.4 is 5.46 Å². The standard InChI is InChI=1S/C14H18BFN2O2/c1-8-6-17-12-10(8)11(16)9(7-18-12)15-19-13(2,3)14(4,5)20-15/h6-7H,1-5H3,(H,17,18). The number of aromatic nitrogens is 2. The van der Waals surface area contributed by atoms with Gasteiger partial charge in [-0.2, -0.15) is 0 Å². The van der Waals surface area contributed by atoms with Crippen LogP contribution in [0.5, 0.6) is 0 Å². The van der Waals surface area contributed by atoms with Crippen LogP contribution in [0.4, 0.5) is 4.39 Å². The lowest BCUT2D eigenvalue weighted by atomic mass is 9.79. The van der Waals surface area contributed by atoms with E-state index < -0.39 is 18.3 Å². The van der Waals surface area contributed by atoms with Gasteiger partial charge in [0, 0.05) is 17.9 Å². The van der Waals surface area contributed by atoms with Crippen molar-refractivity contribution in [2.45, 2.75) is 45.8 Å². The second-order valence-electron chi connectivity index (χ2n) is 6.31. The Balaban J connectivity index is 2.08. The zero-order valence-electron chi connectivity index (χ0n) is 12.4. The number of hydrogen-bond donors (Lipinski definition) is 1. The number of nitrogens with one attached hydrogen (secondary N) is 1. The molecule has 3 rings (SSSR count). The summed E-state index contributed by atoms with van der Waals surface area (Å²) in [4.78, 5) is 7.19.